The molecule has 12 heavy (non-hydrogen) atoms. The molecule has 1 aliphatic heterocycles. The highest BCUT2D eigenvalue weighted by Crippen LogP contribution is 2.25. The maximum atomic E-state index is 9.50. The van der Waals surface area contributed by atoms with Crippen molar-refractivity contribution < 1.29 is 5.11 Å². The third kappa shape index (κ3) is 1.32. The summed E-state index contributed by atoms with van der Waals surface area (Å²) in [7, 11) is 0. The fourth-order valence-corrected chi connectivity index (χ4v) is 2.14. The molecule has 0 spiro atoms. The molecular formula is C8H12N2OS. The average molecular weight is 184 g/mol. The van der Waals surface area contributed by atoms with Crippen LogP contribution >= 0.6 is 11.3 Å². The molecule has 0 aromatic carbocycles. The Morgan fingerprint density at radius 3 is 3.00 bits per heavy atom. The summed E-state index contributed by atoms with van der Waals surface area (Å²) in [6.07, 6.45) is 1.61. The second-order valence-electron chi connectivity index (χ2n) is 3.26. The Labute approximate surface area is 75.7 Å². The molecular weight excluding hydrogens is 172 g/mol. The second kappa shape index (κ2) is 3.03. The van der Waals surface area contributed by atoms with Gasteiger partial charge in [0.05, 0.1) is 6.10 Å². The van der Waals surface area contributed by atoms with Gasteiger partial charge in [0.1, 0.15) is 0 Å². The Kier molecular flexibility index (Phi) is 2.02. The summed E-state index contributed by atoms with van der Waals surface area (Å²) in [4.78, 5) is 6.34. The van der Waals surface area contributed by atoms with Crippen LogP contribution in [0.3, 0.4) is 0 Å². The van der Waals surface area contributed by atoms with Crippen LogP contribution in [0.5, 0.6) is 0 Å². The highest BCUT2D eigenvalue weighted by molar-refractivity contribution is 7.13. The van der Waals surface area contributed by atoms with Gasteiger partial charge in [-0.2, -0.15) is 0 Å². The van der Waals surface area contributed by atoms with Gasteiger partial charge in [0.25, 0.3) is 0 Å². The molecule has 1 N–H and O–H groups in total. The minimum Gasteiger partial charge on any atom is -0.391 e. The topological polar surface area (TPSA) is 36.4 Å². The molecule has 2 atom stereocenters. The fraction of sp³-hybridized carbons (Fsp3) is 0.625. The van der Waals surface area contributed by atoms with E-state index in [4.69, 9.17) is 0 Å². The number of rotatable bonds is 1. The van der Waals surface area contributed by atoms with Crippen molar-refractivity contribution in [2.24, 2.45) is 5.92 Å². The third-order valence-corrected chi connectivity index (χ3v) is 3.09. The van der Waals surface area contributed by atoms with Crippen LogP contribution in [0, 0.1) is 5.92 Å². The second-order valence-corrected chi connectivity index (χ2v) is 4.14. The molecule has 1 fully saturated rings. The summed E-state index contributed by atoms with van der Waals surface area (Å²) in [5.41, 5.74) is 0. The lowest BCUT2D eigenvalue weighted by Crippen LogP contribution is -2.20. The lowest BCUT2D eigenvalue weighted by molar-refractivity contribution is 0.157. The van der Waals surface area contributed by atoms with Crippen molar-refractivity contribution in [2.75, 3.05) is 18.0 Å². The summed E-state index contributed by atoms with van der Waals surface area (Å²) in [6.45, 7) is 3.72. The lowest BCUT2D eigenvalue weighted by atomic mass is 10.1. The van der Waals surface area contributed by atoms with E-state index in [0.29, 0.717) is 5.92 Å². The van der Waals surface area contributed by atoms with Crippen LogP contribution < -0.4 is 4.90 Å². The van der Waals surface area contributed by atoms with Crippen LogP contribution in [0.2, 0.25) is 0 Å². The summed E-state index contributed by atoms with van der Waals surface area (Å²) >= 11 is 1.63. The molecule has 4 heteroatoms. The van der Waals surface area contributed by atoms with E-state index in [2.05, 4.69) is 16.8 Å². The number of thiazole rings is 1. The number of hydrogen-bond acceptors (Lipinski definition) is 4. The maximum absolute atomic E-state index is 9.50. The molecule has 1 aromatic heterocycles. The van der Waals surface area contributed by atoms with Gasteiger partial charge >= 0.3 is 0 Å². The molecule has 3 nitrogen and oxygen atoms in total. The van der Waals surface area contributed by atoms with E-state index < -0.39 is 0 Å². The van der Waals surface area contributed by atoms with E-state index in [9.17, 15) is 5.11 Å². The van der Waals surface area contributed by atoms with Gasteiger partial charge in [-0.1, -0.05) is 6.92 Å². The Bertz CT molecular complexity index is 240. The Hall–Kier alpha value is -0.610. The Morgan fingerprint density at radius 1 is 1.67 bits per heavy atom. The van der Waals surface area contributed by atoms with Crippen molar-refractivity contribution in [3.63, 3.8) is 0 Å². The molecule has 0 amide bonds. The molecule has 1 aromatic rings. The van der Waals surface area contributed by atoms with Crippen molar-refractivity contribution in [2.45, 2.75) is 13.0 Å². The van der Waals surface area contributed by atoms with Gasteiger partial charge in [-0.15, -0.1) is 11.3 Å². The van der Waals surface area contributed by atoms with E-state index in [1.165, 1.54) is 0 Å². The zero-order valence-electron chi connectivity index (χ0n) is 6.97. The Balaban J connectivity index is 2.09. The molecule has 1 aliphatic rings. The minimum absolute atomic E-state index is 0.186. The summed E-state index contributed by atoms with van der Waals surface area (Å²) in [5, 5.41) is 12.5. The first-order valence-electron chi connectivity index (χ1n) is 4.10. The van der Waals surface area contributed by atoms with Crippen molar-refractivity contribution in [1.29, 1.82) is 0 Å². The molecule has 2 heterocycles. The van der Waals surface area contributed by atoms with Gasteiger partial charge in [0.2, 0.25) is 0 Å². The van der Waals surface area contributed by atoms with Gasteiger partial charge in [-0.05, 0) is 0 Å². The maximum Gasteiger partial charge on any atom is 0.185 e. The largest absolute Gasteiger partial charge is 0.391 e. The third-order valence-electron chi connectivity index (χ3n) is 2.26. The van der Waals surface area contributed by atoms with Gasteiger partial charge in [0.15, 0.2) is 5.13 Å². The predicted octanol–water partition coefficient (Wildman–Crippen LogP) is 0.960. The van der Waals surface area contributed by atoms with Crippen molar-refractivity contribution in [1.82, 2.24) is 4.98 Å². The molecule has 2 rings (SSSR count). The van der Waals surface area contributed by atoms with Gasteiger partial charge in [0, 0.05) is 30.6 Å². The highest BCUT2D eigenvalue weighted by Gasteiger charge is 2.28. The monoisotopic (exact) mass is 184 g/mol. The number of β-amino-alcohol motifs (C(OH)–C–C–N with tert-alkyl or cyclic N) is 1. The van der Waals surface area contributed by atoms with E-state index >= 15 is 0 Å². The molecule has 0 saturated carbocycles. The van der Waals surface area contributed by atoms with Gasteiger partial charge < -0.3 is 10.0 Å². The van der Waals surface area contributed by atoms with E-state index in [-0.39, 0.29) is 6.10 Å². The standard InChI is InChI=1S/C8H12N2OS/c1-6-4-10(5-7(6)11)8-9-2-3-12-8/h2-3,6-7,11H,4-5H2,1H3. The number of aliphatic hydroxyl groups is 1. The van der Waals surface area contributed by atoms with E-state index in [1.807, 2.05) is 5.38 Å². The van der Waals surface area contributed by atoms with Crippen molar-refractivity contribution in [3.8, 4) is 0 Å². The number of anilines is 1. The molecule has 0 radical (unpaired) electrons. The quantitative estimate of drug-likeness (QED) is 0.706. The first-order valence-corrected chi connectivity index (χ1v) is 4.98. The van der Waals surface area contributed by atoms with Gasteiger partial charge in [-0.3, -0.25) is 0 Å². The summed E-state index contributed by atoms with van der Waals surface area (Å²) < 4.78 is 0. The number of aliphatic hydroxyl groups excluding tert-OH is 1. The first-order chi connectivity index (χ1) is 5.77. The average Bonchev–Trinajstić information content (AvgIpc) is 2.61. The van der Waals surface area contributed by atoms with Crippen molar-refractivity contribution in [3.05, 3.63) is 11.6 Å². The number of aromatic nitrogens is 1. The predicted molar refractivity (Wildman–Crippen MR) is 49.5 cm³/mol. The van der Waals surface area contributed by atoms with Crippen LogP contribution in [0.1, 0.15) is 6.92 Å². The van der Waals surface area contributed by atoms with Gasteiger partial charge in [-0.25, -0.2) is 4.98 Å². The van der Waals surface area contributed by atoms with Crippen LogP contribution in [-0.4, -0.2) is 29.3 Å². The molecule has 2 unspecified atom stereocenters. The number of hydrogen-bond donors (Lipinski definition) is 1. The lowest BCUT2D eigenvalue weighted by Gasteiger charge is -2.12. The molecule has 0 aliphatic carbocycles. The molecule has 66 valence electrons. The number of nitrogens with zero attached hydrogens (tertiary/aromatic N) is 2. The van der Waals surface area contributed by atoms with Crippen LogP contribution in [0.4, 0.5) is 5.13 Å². The van der Waals surface area contributed by atoms with Crippen LogP contribution in [0.15, 0.2) is 11.6 Å². The highest BCUT2D eigenvalue weighted by atomic mass is 32.1. The first kappa shape index (κ1) is 8.01. The summed E-state index contributed by atoms with van der Waals surface area (Å²) in [5.74, 6) is 0.369. The van der Waals surface area contributed by atoms with E-state index in [0.717, 1.165) is 18.2 Å². The molecule has 1 saturated heterocycles. The van der Waals surface area contributed by atoms with Crippen LogP contribution in [0.25, 0.3) is 0 Å². The zero-order valence-corrected chi connectivity index (χ0v) is 7.79. The summed E-state index contributed by atoms with van der Waals surface area (Å²) in [6, 6.07) is 0. The normalized spacial score (nSPS) is 29.7. The zero-order chi connectivity index (χ0) is 8.55. The minimum atomic E-state index is -0.186. The fourth-order valence-electron chi connectivity index (χ4n) is 1.48. The van der Waals surface area contributed by atoms with Crippen LogP contribution in [-0.2, 0) is 0 Å². The smallest absolute Gasteiger partial charge is 0.185 e. The Morgan fingerprint density at radius 2 is 2.50 bits per heavy atom. The molecule has 0 bridgehead atoms. The van der Waals surface area contributed by atoms with Crippen molar-refractivity contribution >= 4 is 16.5 Å². The van der Waals surface area contributed by atoms with E-state index in [1.54, 1.807) is 17.5 Å². The SMILES string of the molecule is CC1CN(c2nccs2)CC1O.